The van der Waals surface area contributed by atoms with Crippen LogP contribution in [0.25, 0.3) is 0 Å². The maximum Gasteiger partial charge on any atom is 0.0593 e. The third-order valence-electron chi connectivity index (χ3n) is 3.51. The van der Waals surface area contributed by atoms with E-state index in [-0.39, 0.29) is 0 Å². The molecule has 2 N–H and O–H groups in total. The van der Waals surface area contributed by atoms with Crippen molar-refractivity contribution in [3.05, 3.63) is 35.4 Å². The third kappa shape index (κ3) is 5.72. The molecule has 0 spiro atoms. The Bertz CT molecular complexity index is 337. The molecule has 3 nitrogen and oxygen atoms in total. The van der Waals surface area contributed by atoms with E-state index in [0.717, 1.165) is 32.8 Å². The van der Waals surface area contributed by atoms with Gasteiger partial charge >= 0.3 is 0 Å². The molecule has 108 valence electrons. The topological polar surface area (TPSA) is 38.5 Å². The average molecular weight is 264 g/mol. The van der Waals surface area contributed by atoms with Gasteiger partial charge in [-0.05, 0) is 37.1 Å². The van der Waals surface area contributed by atoms with E-state index in [4.69, 9.17) is 10.5 Å². The third-order valence-corrected chi connectivity index (χ3v) is 3.51. The Hall–Kier alpha value is -0.900. The number of rotatable bonds is 9. The molecule has 0 aliphatic heterocycles. The average Bonchev–Trinajstić information content (AvgIpc) is 2.46. The highest BCUT2D eigenvalue weighted by atomic mass is 16.5. The van der Waals surface area contributed by atoms with Gasteiger partial charge in [0.1, 0.15) is 0 Å². The minimum atomic E-state index is 0.439. The van der Waals surface area contributed by atoms with Crippen LogP contribution in [-0.4, -0.2) is 37.7 Å². The van der Waals surface area contributed by atoms with E-state index in [1.807, 2.05) is 6.92 Å². The number of hydrogen-bond donors (Lipinski definition) is 1. The Balaban J connectivity index is 2.50. The minimum Gasteiger partial charge on any atom is -0.380 e. The lowest BCUT2D eigenvalue weighted by Gasteiger charge is -2.20. The van der Waals surface area contributed by atoms with E-state index < -0.39 is 0 Å². The molecule has 3 heteroatoms. The van der Waals surface area contributed by atoms with Gasteiger partial charge in [-0.15, -0.1) is 0 Å². The zero-order valence-corrected chi connectivity index (χ0v) is 12.6. The summed E-state index contributed by atoms with van der Waals surface area (Å²) in [6, 6.07) is 8.82. The monoisotopic (exact) mass is 264 g/mol. The van der Waals surface area contributed by atoms with Crippen LogP contribution in [0.4, 0.5) is 0 Å². The molecule has 19 heavy (non-hydrogen) atoms. The molecule has 1 rings (SSSR count). The molecule has 0 fully saturated rings. The Kier molecular flexibility index (Phi) is 7.72. The molecule has 0 aliphatic rings. The number of likely N-dealkylation sites (N-methyl/N-ethyl adjacent to an activating group) is 1. The zero-order chi connectivity index (χ0) is 14.1. The number of benzene rings is 1. The largest absolute Gasteiger partial charge is 0.380 e. The molecule has 1 atom stereocenters. The zero-order valence-electron chi connectivity index (χ0n) is 12.6. The lowest BCUT2D eigenvalue weighted by molar-refractivity contribution is 0.113. The van der Waals surface area contributed by atoms with Crippen molar-refractivity contribution < 1.29 is 4.74 Å². The minimum absolute atomic E-state index is 0.439. The second kappa shape index (κ2) is 9.08. The van der Waals surface area contributed by atoms with Crippen molar-refractivity contribution >= 4 is 0 Å². The molecule has 0 amide bonds. The van der Waals surface area contributed by atoms with Crippen LogP contribution in [0.1, 0.15) is 37.8 Å². The Morgan fingerprint density at radius 3 is 2.42 bits per heavy atom. The van der Waals surface area contributed by atoms with E-state index in [2.05, 4.69) is 43.0 Å². The summed E-state index contributed by atoms with van der Waals surface area (Å²) in [5.74, 6) is 0.439. The van der Waals surface area contributed by atoms with Crippen LogP contribution in [0.15, 0.2) is 24.3 Å². The molecule has 0 heterocycles. The number of nitrogens with zero attached hydrogens (tertiary/aromatic N) is 1. The first kappa shape index (κ1) is 16.2. The van der Waals surface area contributed by atoms with Crippen LogP contribution in [0, 0.1) is 0 Å². The fraction of sp³-hybridized carbons (Fsp3) is 0.625. The van der Waals surface area contributed by atoms with Crippen LogP contribution >= 0.6 is 0 Å². The van der Waals surface area contributed by atoms with Gasteiger partial charge in [-0.2, -0.15) is 0 Å². The highest BCUT2D eigenvalue weighted by Crippen LogP contribution is 2.15. The van der Waals surface area contributed by atoms with Gasteiger partial charge < -0.3 is 10.5 Å². The summed E-state index contributed by atoms with van der Waals surface area (Å²) in [6.45, 7) is 11.7. The van der Waals surface area contributed by atoms with Crippen LogP contribution in [-0.2, 0) is 11.3 Å². The van der Waals surface area contributed by atoms with E-state index in [9.17, 15) is 0 Å². The van der Waals surface area contributed by atoms with Crippen molar-refractivity contribution in [2.45, 2.75) is 33.2 Å². The summed E-state index contributed by atoms with van der Waals surface area (Å²) in [5.41, 5.74) is 8.37. The van der Waals surface area contributed by atoms with Gasteiger partial charge in [-0.25, -0.2) is 0 Å². The lowest BCUT2D eigenvalue weighted by atomic mass is 10.00. The molecule has 0 aliphatic carbocycles. The van der Waals surface area contributed by atoms with Crippen molar-refractivity contribution in [2.75, 3.05) is 32.8 Å². The van der Waals surface area contributed by atoms with E-state index in [1.54, 1.807) is 0 Å². The highest BCUT2D eigenvalue weighted by molar-refractivity contribution is 5.25. The summed E-state index contributed by atoms with van der Waals surface area (Å²) < 4.78 is 5.41. The van der Waals surface area contributed by atoms with Gasteiger partial charge in [0.25, 0.3) is 0 Å². The molecular weight excluding hydrogens is 236 g/mol. The quantitative estimate of drug-likeness (QED) is 0.697. The fourth-order valence-corrected chi connectivity index (χ4v) is 2.03. The first-order valence-corrected chi connectivity index (χ1v) is 7.30. The summed E-state index contributed by atoms with van der Waals surface area (Å²) in [7, 11) is 0. The number of hydrogen-bond acceptors (Lipinski definition) is 3. The first-order chi connectivity index (χ1) is 9.21. The van der Waals surface area contributed by atoms with Gasteiger partial charge in [0.05, 0.1) is 6.61 Å². The Labute approximate surface area is 117 Å². The Morgan fingerprint density at radius 1 is 1.21 bits per heavy atom. The van der Waals surface area contributed by atoms with E-state index in [0.29, 0.717) is 12.5 Å². The first-order valence-electron chi connectivity index (χ1n) is 7.30. The molecule has 1 aromatic rings. The van der Waals surface area contributed by atoms with Crippen molar-refractivity contribution in [2.24, 2.45) is 5.73 Å². The second-order valence-corrected chi connectivity index (χ2v) is 4.94. The maximum atomic E-state index is 5.69. The van der Waals surface area contributed by atoms with Crippen LogP contribution in [0.5, 0.6) is 0 Å². The van der Waals surface area contributed by atoms with Gasteiger partial charge in [-0.1, -0.05) is 38.1 Å². The molecule has 1 aromatic carbocycles. The molecule has 0 radical (unpaired) electrons. The summed E-state index contributed by atoms with van der Waals surface area (Å²) in [5, 5.41) is 0. The molecule has 1 unspecified atom stereocenters. The predicted molar refractivity (Wildman–Crippen MR) is 81.4 cm³/mol. The van der Waals surface area contributed by atoms with Crippen molar-refractivity contribution in [3.63, 3.8) is 0 Å². The number of nitrogens with two attached hydrogens (primary N) is 1. The molecule has 0 saturated heterocycles. The van der Waals surface area contributed by atoms with Gasteiger partial charge in [0.2, 0.25) is 0 Å². The van der Waals surface area contributed by atoms with Gasteiger partial charge in [0.15, 0.2) is 0 Å². The maximum absolute atomic E-state index is 5.69. The highest BCUT2D eigenvalue weighted by Gasteiger charge is 2.06. The number of ether oxygens (including phenoxy) is 1. The second-order valence-electron chi connectivity index (χ2n) is 4.94. The van der Waals surface area contributed by atoms with Crippen molar-refractivity contribution in [1.82, 2.24) is 4.90 Å². The SMILES string of the molecule is CCOCCN(CC)Cc1ccc(C(C)CN)cc1. The molecule has 0 saturated carbocycles. The van der Waals surface area contributed by atoms with Crippen LogP contribution < -0.4 is 5.73 Å². The predicted octanol–water partition coefficient (Wildman–Crippen LogP) is 2.61. The smallest absolute Gasteiger partial charge is 0.0593 e. The molecule has 0 aromatic heterocycles. The fourth-order valence-electron chi connectivity index (χ4n) is 2.03. The lowest BCUT2D eigenvalue weighted by Crippen LogP contribution is -2.27. The summed E-state index contributed by atoms with van der Waals surface area (Å²) in [4.78, 5) is 2.40. The van der Waals surface area contributed by atoms with Crippen LogP contribution in [0.3, 0.4) is 0 Å². The normalized spacial score (nSPS) is 12.9. The van der Waals surface area contributed by atoms with E-state index >= 15 is 0 Å². The summed E-state index contributed by atoms with van der Waals surface area (Å²) >= 11 is 0. The summed E-state index contributed by atoms with van der Waals surface area (Å²) in [6.07, 6.45) is 0. The Morgan fingerprint density at radius 2 is 1.89 bits per heavy atom. The standard InChI is InChI=1S/C16H28N2O/c1-4-18(10-11-19-5-2)13-15-6-8-16(9-7-15)14(3)12-17/h6-9,14H,4-5,10-13,17H2,1-3H3. The van der Waals surface area contributed by atoms with Crippen LogP contribution in [0.2, 0.25) is 0 Å². The van der Waals surface area contributed by atoms with Gasteiger partial charge in [0, 0.05) is 19.7 Å². The van der Waals surface area contributed by atoms with Crippen molar-refractivity contribution in [1.29, 1.82) is 0 Å². The van der Waals surface area contributed by atoms with Gasteiger partial charge in [-0.3, -0.25) is 4.90 Å². The molecular formula is C16H28N2O. The van der Waals surface area contributed by atoms with E-state index in [1.165, 1.54) is 11.1 Å². The molecule has 0 bridgehead atoms. The van der Waals surface area contributed by atoms with Crippen molar-refractivity contribution in [3.8, 4) is 0 Å².